The highest BCUT2D eigenvalue weighted by molar-refractivity contribution is 7.47. The molecule has 0 saturated heterocycles. The molecule has 0 saturated carbocycles. The summed E-state index contributed by atoms with van der Waals surface area (Å²) in [6, 6.07) is 0. The average molecular weight is 1120 g/mol. The zero-order valence-electron chi connectivity index (χ0n) is 49.9. The Kier molecular flexibility index (Phi) is 57.2. The SMILES string of the molecule is CC/C=C\C/C=C\C/C=C\C/C=C\C/C=C\CCCC(=O)OC(CO)COP(=O)(O)OCC(COC(=O)CCCCCCC/C=C\C/C=C\CCCCC)OC(=O)CCCCCCCCCCCCCCCCCCCCC. The van der Waals surface area contributed by atoms with Gasteiger partial charge >= 0.3 is 25.7 Å². The second-order valence-electron chi connectivity index (χ2n) is 20.8. The van der Waals surface area contributed by atoms with Gasteiger partial charge in [-0.3, -0.25) is 23.4 Å². The number of carbonyl (C=O) groups excluding carboxylic acids is 3. The minimum atomic E-state index is -4.77. The first-order chi connectivity index (χ1) is 38.2. The molecule has 12 heteroatoms. The van der Waals surface area contributed by atoms with Crippen LogP contribution in [0.5, 0.6) is 0 Å². The lowest BCUT2D eigenvalue weighted by atomic mass is 10.0. The first kappa shape index (κ1) is 74.7. The number of rotatable bonds is 58. The number of aliphatic hydroxyl groups excluding tert-OH is 1. The third-order valence-electron chi connectivity index (χ3n) is 13.3. The van der Waals surface area contributed by atoms with E-state index in [-0.39, 0.29) is 25.9 Å². The van der Waals surface area contributed by atoms with Crippen LogP contribution in [0.3, 0.4) is 0 Å². The Bertz CT molecular complexity index is 1630. The molecule has 0 aromatic carbocycles. The number of phosphoric acid groups is 1. The third kappa shape index (κ3) is 57.3. The summed E-state index contributed by atoms with van der Waals surface area (Å²) in [7, 11) is -4.77. The lowest BCUT2D eigenvalue weighted by Crippen LogP contribution is -2.30. The van der Waals surface area contributed by atoms with Gasteiger partial charge in [0.1, 0.15) is 12.7 Å². The Hall–Kier alpha value is -3.34. The van der Waals surface area contributed by atoms with E-state index >= 15 is 0 Å². The van der Waals surface area contributed by atoms with E-state index in [1.807, 2.05) is 12.2 Å². The topological polar surface area (TPSA) is 155 Å². The fourth-order valence-corrected chi connectivity index (χ4v) is 9.32. The number of phosphoric ester groups is 1. The van der Waals surface area contributed by atoms with Crippen LogP contribution in [0.15, 0.2) is 85.1 Å². The molecule has 0 fully saturated rings. The number of hydrogen-bond donors (Lipinski definition) is 2. The summed E-state index contributed by atoms with van der Waals surface area (Å²) in [5.74, 6) is -1.53. The van der Waals surface area contributed by atoms with Crippen LogP contribution in [-0.4, -0.2) is 66.5 Å². The molecule has 0 aliphatic heterocycles. The summed E-state index contributed by atoms with van der Waals surface area (Å²) in [4.78, 5) is 48.7. The van der Waals surface area contributed by atoms with Crippen molar-refractivity contribution >= 4 is 25.7 Å². The largest absolute Gasteiger partial charge is 0.472 e. The van der Waals surface area contributed by atoms with Gasteiger partial charge in [0.15, 0.2) is 6.10 Å². The molecular formula is C66H115O11P. The van der Waals surface area contributed by atoms with Crippen LogP contribution >= 0.6 is 7.82 Å². The van der Waals surface area contributed by atoms with Gasteiger partial charge in [0.25, 0.3) is 0 Å². The number of aliphatic hydroxyl groups is 1. The number of allylic oxidation sites excluding steroid dienone is 14. The van der Waals surface area contributed by atoms with Crippen molar-refractivity contribution in [3.63, 3.8) is 0 Å². The first-order valence-electron chi connectivity index (χ1n) is 31.5. The molecular weight excluding hydrogens is 1000 g/mol. The van der Waals surface area contributed by atoms with Crippen LogP contribution in [-0.2, 0) is 42.2 Å². The molecule has 0 aliphatic rings. The molecule has 3 unspecified atom stereocenters. The fraction of sp³-hybridized carbons (Fsp3) is 0.742. The quantitative estimate of drug-likeness (QED) is 0.0197. The number of esters is 3. The normalized spacial score (nSPS) is 13.9. The Morgan fingerprint density at radius 2 is 0.679 bits per heavy atom. The smallest absolute Gasteiger partial charge is 0.462 e. The van der Waals surface area contributed by atoms with Crippen LogP contribution in [0.2, 0.25) is 0 Å². The average Bonchev–Trinajstić information content (AvgIpc) is 3.43. The van der Waals surface area contributed by atoms with Gasteiger partial charge in [-0.25, -0.2) is 4.57 Å². The van der Waals surface area contributed by atoms with Crippen molar-refractivity contribution in [2.24, 2.45) is 0 Å². The van der Waals surface area contributed by atoms with Crippen LogP contribution < -0.4 is 0 Å². The molecule has 0 heterocycles. The molecule has 450 valence electrons. The molecule has 0 rings (SSSR count). The highest BCUT2D eigenvalue weighted by Crippen LogP contribution is 2.43. The van der Waals surface area contributed by atoms with Gasteiger partial charge in [0.05, 0.1) is 19.8 Å². The second-order valence-corrected chi connectivity index (χ2v) is 22.3. The molecule has 0 aliphatic carbocycles. The molecule has 2 N–H and O–H groups in total. The Labute approximate surface area is 477 Å². The van der Waals surface area contributed by atoms with Gasteiger partial charge in [0.2, 0.25) is 0 Å². The van der Waals surface area contributed by atoms with Gasteiger partial charge in [-0.15, -0.1) is 0 Å². The van der Waals surface area contributed by atoms with Crippen molar-refractivity contribution in [2.45, 2.75) is 290 Å². The minimum Gasteiger partial charge on any atom is -0.462 e. The standard InChI is InChI=1S/C66H115O11P/c1-4-7-10-13-16-19-22-25-28-30-31-33-36-39-42-45-48-51-54-57-66(70)77-63(59-73-64(68)55-52-49-46-43-40-37-34-27-24-21-18-15-12-9-6-3)61-75-78(71,72)74-60-62(58-67)76-65(69)56-53-50-47-44-41-38-35-32-29-26-23-20-17-14-11-8-5-2/h8,11,17-18,20-21,26-27,29,34-35,38,44,47,62-63,67H,4-7,9-10,12-16,19,22-25,28,30-33,36-37,39-43,45-46,48-61H2,1-3H3,(H,71,72)/b11-8-,20-17-,21-18-,29-26-,34-27-,38-35-,47-44-. The van der Waals surface area contributed by atoms with E-state index in [1.165, 1.54) is 116 Å². The summed E-state index contributed by atoms with van der Waals surface area (Å²) in [5.41, 5.74) is 0. The minimum absolute atomic E-state index is 0.0962. The molecule has 11 nitrogen and oxygen atoms in total. The number of hydrogen-bond acceptors (Lipinski definition) is 10. The maximum absolute atomic E-state index is 12.9. The molecule has 0 aromatic rings. The Morgan fingerprint density at radius 1 is 0.372 bits per heavy atom. The predicted molar refractivity (Wildman–Crippen MR) is 325 cm³/mol. The summed E-state index contributed by atoms with van der Waals surface area (Å²) >= 11 is 0. The second kappa shape index (κ2) is 59.8. The zero-order valence-corrected chi connectivity index (χ0v) is 50.8. The van der Waals surface area contributed by atoms with E-state index in [0.29, 0.717) is 25.7 Å². The summed E-state index contributed by atoms with van der Waals surface area (Å²) in [6.45, 7) is 4.46. The van der Waals surface area contributed by atoms with Crippen LogP contribution in [0.25, 0.3) is 0 Å². The van der Waals surface area contributed by atoms with Gasteiger partial charge in [-0.05, 0) is 89.9 Å². The van der Waals surface area contributed by atoms with Crippen LogP contribution in [0.1, 0.15) is 278 Å². The molecule has 0 amide bonds. The number of carbonyl (C=O) groups is 3. The van der Waals surface area contributed by atoms with Gasteiger partial charge in [0, 0.05) is 19.3 Å². The summed E-state index contributed by atoms with van der Waals surface area (Å²) < 4.78 is 39.6. The predicted octanol–water partition coefficient (Wildman–Crippen LogP) is 19.0. The molecule has 78 heavy (non-hydrogen) atoms. The third-order valence-corrected chi connectivity index (χ3v) is 14.3. The van der Waals surface area contributed by atoms with Gasteiger partial charge in [-0.2, -0.15) is 0 Å². The molecule has 0 radical (unpaired) electrons. The fourth-order valence-electron chi connectivity index (χ4n) is 8.54. The molecule has 0 aromatic heterocycles. The van der Waals surface area contributed by atoms with E-state index in [9.17, 15) is 28.9 Å². The van der Waals surface area contributed by atoms with E-state index < -0.39 is 57.8 Å². The zero-order chi connectivity index (χ0) is 56.9. The van der Waals surface area contributed by atoms with Crippen LogP contribution in [0.4, 0.5) is 0 Å². The summed E-state index contributed by atoms with van der Waals surface area (Å²) in [6.07, 6.45) is 69.7. The molecule has 0 bridgehead atoms. The number of unbranched alkanes of at least 4 members (excludes halogenated alkanes) is 27. The van der Waals surface area contributed by atoms with Crippen molar-refractivity contribution in [3.8, 4) is 0 Å². The van der Waals surface area contributed by atoms with E-state index in [0.717, 1.165) is 96.3 Å². The molecule has 3 atom stereocenters. The van der Waals surface area contributed by atoms with Gasteiger partial charge in [-0.1, -0.05) is 254 Å². The van der Waals surface area contributed by atoms with Crippen molar-refractivity contribution in [1.29, 1.82) is 0 Å². The highest BCUT2D eigenvalue weighted by atomic mass is 31.2. The Morgan fingerprint density at radius 3 is 1.10 bits per heavy atom. The first-order valence-corrected chi connectivity index (χ1v) is 33.0. The lowest BCUT2D eigenvalue weighted by Gasteiger charge is -2.21. The maximum Gasteiger partial charge on any atom is 0.472 e. The summed E-state index contributed by atoms with van der Waals surface area (Å²) in [5, 5.41) is 9.83. The van der Waals surface area contributed by atoms with Crippen molar-refractivity contribution in [3.05, 3.63) is 85.1 Å². The van der Waals surface area contributed by atoms with Crippen LogP contribution in [0, 0.1) is 0 Å². The van der Waals surface area contributed by atoms with E-state index in [1.54, 1.807) is 0 Å². The van der Waals surface area contributed by atoms with Crippen molar-refractivity contribution in [1.82, 2.24) is 0 Å². The molecule has 0 spiro atoms. The lowest BCUT2D eigenvalue weighted by molar-refractivity contribution is -0.161. The van der Waals surface area contributed by atoms with E-state index in [2.05, 4.69) is 93.7 Å². The monoisotopic (exact) mass is 1110 g/mol. The maximum atomic E-state index is 12.9. The van der Waals surface area contributed by atoms with Gasteiger partial charge < -0.3 is 24.2 Å². The Balaban J connectivity index is 4.75. The van der Waals surface area contributed by atoms with Crippen molar-refractivity contribution in [2.75, 3.05) is 26.4 Å². The van der Waals surface area contributed by atoms with E-state index in [4.69, 9.17) is 23.3 Å². The highest BCUT2D eigenvalue weighted by Gasteiger charge is 2.28. The van der Waals surface area contributed by atoms with Crippen molar-refractivity contribution < 1.29 is 52.2 Å². The number of ether oxygens (including phenoxy) is 3.